The van der Waals surface area contributed by atoms with E-state index in [9.17, 15) is 13.2 Å². The van der Waals surface area contributed by atoms with Gasteiger partial charge in [-0.3, -0.25) is 0 Å². The number of hydrogen-bond acceptors (Lipinski definition) is 2. The lowest BCUT2D eigenvalue weighted by Gasteiger charge is -2.14. The van der Waals surface area contributed by atoms with Crippen molar-refractivity contribution in [1.29, 1.82) is 5.26 Å². The lowest BCUT2D eigenvalue weighted by molar-refractivity contribution is -0.274. The van der Waals surface area contributed by atoms with Gasteiger partial charge < -0.3 is 4.74 Å². The number of alkyl halides is 3. The van der Waals surface area contributed by atoms with Crippen molar-refractivity contribution in [3.8, 4) is 22.9 Å². The number of rotatable bonds is 2. The first-order chi connectivity index (χ1) is 9.80. The highest BCUT2D eigenvalue weighted by Crippen LogP contribution is 2.35. The van der Waals surface area contributed by atoms with Crippen molar-refractivity contribution in [2.75, 3.05) is 0 Å². The monoisotopic (exact) mass is 291 g/mol. The van der Waals surface area contributed by atoms with Crippen LogP contribution in [0.25, 0.3) is 11.1 Å². The van der Waals surface area contributed by atoms with Crippen molar-refractivity contribution in [2.45, 2.75) is 20.2 Å². The SMILES string of the molecule is Cc1ccc(-c2ccc(C#N)cc2OC(F)(F)F)cc1C. The lowest BCUT2D eigenvalue weighted by Crippen LogP contribution is -2.17. The molecule has 0 aliphatic rings. The highest BCUT2D eigenvalue weighted by molar-refractivity contribution is 5.72. The Morgan fingerprint density at radius 1 is 1.00 bits per heavy atom. The zero-order valence-electron chi connectivity index (χ0n) is 11.5. The minimum absolute atomic E-state index is 0.113. The van der Waals surface area contributed by atoms with Crippen LogP contribution in [0, 0.1) is 25.2 Å². The summed E-state index contributed by atoms with van der Waals surface area (Å²) in [5, 5.41) is 8.82. The van der Waals surface area contributed by atoms with Gasteiger partial charge in [0.1, 0.15) is 5.75 Å². The van der Waals surface area contributed by atoms with Crippen molar-refractivity contribution in [2.24, 2.45) is 0 Å². The summed E-state index contributed by atoms with van der Waals surface area (Å²) in [7, 11) is 0. The van der Waals surface area contributed by atoms with E-state index in [0.29, 0.717) is 11.1 Å². The lowest BCUT2D eigenvalue weighted by atomic mass is 9.99. The molecule has 0 N–H and O–H groups in total. The van der Waals surface area contributed by atoms with Crippen LogP contribution in [0.3, 0.4) is 0 Å². The predicted octanol–water partition coefficient (Wildman–Crippen LogP) is 4.74. The highest BCUT2D eigenvalue weighted by Gasteiger charge is 2.32. The third-order valence-electron chi connectivity index (χ3n) is 3.15. The smallest absolute Gasteiger partial charge is 0.405 e. The quantitative estimate of drug-likeness (QED) is 0.800. The van der Waals surface area contributed by atoms with Crippen LogP contribution in [0.15, 0.2) is 36.4 Å². The summed E-state index contributed by atoms with van der Waals surface area (Å²) in [4.78, 5) is 0. The molecule has 5 heteroatoms. The van der Waals surface area contributed by atoms with Gasteiger partial charge in [0.05, 0.1) is 11.6 Å². The fourth-order valence-corrected chi connectivity index (χ4v) is 1.95. The molecule has 2 aromatic carbocycles. The van der Waals surface area contributed by atoms with Crippen LogP contribution in [-0.4, -0.2) is 6.36 Å². The second-order valence-electron chi connectivity index (χ2n) is 4.67. The molecule has 0 atom stereocenters. The molecule has 0 amide bonds. The molecule has 0 bridgehead atoms. The minimum Gasteiger partial charge on any atom is -0.405 e. The Morgan fingerprint density at radius 3 is 2.29 bits per heavy atom. The van der Waals surface area contributed by atoms with Crippen LogP contribution >= 0.6 is 0 Å². The fourth-order valence-electron chi connectivity index (χ4n) is 1.95. The zero-order valence-corrected chi connectivity index (χ0v) is 11.5. The van der Waals surface area contributed by atoms with E-state index < -0.39 is 6.36 Å². The van der Waals surface area contributed by atoms with E-state index in [1.54, 1.807) is 18.2 Å². The Bertz CT molecular complexity index is 714. The van der Waals surface area contributed by atoms with E-state index in [2.05, 4.69) is 4.74 Å². The van der Waals surface area contributed by atoms with Gasteiger partial charge in [-0.15, -0.1) is 13.2 Å². The molecular formula is C16H12F3NO. The van der Waals surface area contributed by atoms with E-state index in [4.69, 9.17) is 5.26 Å². The Morgan fingerprint density at radius 2 is 1.71 bits per heavy atom. The average molecular weight is 291 g/mol. The Hall–Kier alpha value is -2.48. The summed E-state index contributed by atoms with van der Waals surface area (Å²) in [5.41, 5.74) is 3.04. The van der Waals surface area contributed by atoms with E-state index in [1.165, 1.54) is 12.1 Å². The topological polar surface area (TPSA) is 33.0 Å². The Kier molecular flexibility index (Phi) is 3.90. The third kappa shape index (κ3) is 3.54. The maximum atomic E-state index is 12.5. The molecule has 0 radical (unpaired) electrons. The average Bonchev–Trinajstić information content (AvgIpc) is 2.40. The fraction of sp³-hybridized carbons (Fsp3) is 0.188. The molecule has 0 unspecified atom stereocenters. The molecule has 0 spiro atoms. The van der Waals surface area contributed by atoms with Gasteiger partial charge in [0.2, 0.25) is 0 Å². The molecule has 21 heavy (non-hydrogen) atoms. The number of ether oxygens (including phenoxy) is 1. The maximum absolute atomic E-state index is 12.5. The first-order valence-electron chi connectivity index (χ1n) is 6.17. The largest absolute Gasteiger partial charge is 0.573 e. The standard InChI is InChI=1S/C16H12F3NO/c1-10-3-5-13(7-11(10)2)14-6-4-12(9-20)8-15(14)21-16(17,18)19/h3-8H,1-2H3. The molecule has 0 saturated carbocycles. The molecule has 0 aromatic heterocycles. The molecule has 108 valence electrons. The molecule has 2 aromatic rings. The number of aryl methyl sites for hydroxylation is 2. The predicted molar refractivity (Wildman–Crippen MR) is 72.8 cm³/mol. The molecule has 0 fully saturated rings. The van der Waals surface area contributed by atoms with Crippen molar-refractivity contribution < 1.29 is 17.9 Å². The van der Waals surface area contributed by atoms with E-state index in [1.807, 2.05) is 19.9 Å². The van der Waals surface area contributed by atoms with Gasteiger partial charge in [-0.1, -0.05) is 18.2 Å². The van der Waals surface area contributed by atoms with Crippen LogP contribution in [-0.2, 0) is 0 Å². The van der Waals surface area contributed by atoms with Crippen molar-refractivity contribution in [3.63, 3.8) is 0 Å². The first kappa shape index (κ1) is 14.9. The Labute approximate surface area is 120 Å². The van der Waals surface area contributed by atoms with Crippen molar-refractivity contribution >= 4 is 0 Å². The number of nitriles is 1. The van der Waals surface area contributed by atoms with Crippen LogP contribution in [0.1, 0.15) is 16.7 Å². The van der Waals surface area contributed by atoms with Gasteiger partial charge in [0.25, 0.3) is 0 Å². The minimum atomic E-state index is -4.80. The van der Waals surface area contributed by atoms with Gasteiger partial charge in [-0.05, 0) is 48.7 Å². The normalized spacial score (nSPS) is 11.0. The summed E-state index contributed by atoms with van der Waals surface area (Å²) in [6, 6.07) is 11.2. The van der Waals surface area contributed by atoms with Crippen LogP contribution in [0.4, 0.5) is 13.2 Å². The highest BCUT2D eigenvalue weighted by atomic mass is 19.4. The van der Waals surface area contributed by atoms with Gasteiger partial charge in [0, 0.05) is 5.56 Å². The van der Waals surface area contributed by atoms with Gasteiger partial charge in [-0.25, -0.2) is 0 Å². The third-order valence-corrected chi connectivity index (χ3v) is 3.15. The number of halogens is 3. The molecule has 0 aliphatic carbocycles. The molecule has 0 heterocycles. The van der Waals surface area contributed by atoms with Crippen LogP contribution in [0.2, 0.25) is 0 Å². The van der Waals surface area contributed by atoms with Gasteiger partial charge in [0.15, 0.2) is 0 Å². The second-order valence-corrected chi connectivity index (χ2v) is 4.67. The molecule has 2 nitrogen and oxygen atoms in total. The van der Waals surface area contributed by atoms with E-state index >= 15 is 0 Å². The summed E-state index contributed by atoms with van der Waals surface area (Å²) < 4.78 is 41.6. The molecule has 0 saturated heterocycles. The summed E-state index contributed by atoms with van der Waals surface area (Å²) in [5.74, 6) is -0.371. The molecule has 0 aliphatic heterocycles. The molecule has 2 rings (SSSR count). The zero-order chi connectivity index (χ0) is 15.6. The van der Waals surface area contributed by atoms with Crippen LogP contribution in [0.5, 0.6) is 5.75 Å². The summed E-state index contributed by atoms with van der Waals surface area (Å²) >= 11 is 0. The molecular weight excluding hydrogens is 279 g/mol. The maximum Gasteiger partial charge on any atom is 0.573 e. The second kappa shape index (κ2) is 5.49. The first-order valence-corrected chi connectivity index (χ1v) is 6.17. The van der Waals surface area contributed by atoms with Crippen LogP contribution < -0.4 is 4.74 Å². The number of benzene rings is 2. The van der Waals surface area contributed by atoms with Gasteiger partial charge >= 0.3 is 6.36 Å². The van der Waals surface area contributed by atoms with Gasteiger partial charge in [-0.2, -0.15) is 5.26 Å². The number of hydrogen-bond donors (Lipinski definition) is 0. The Balaban J connectivity index is 2.56. The van der Waals surface area contributed by atoms with Crippen molar-refractivity contribution in [3.05, 3.63) is 53.1 Å². The number of nitrogens with zero attached hydrogens (tertiary/aromatic N) is 1. The summed E-state index contributed by atoms with van der Waals surface area (Å²) in [6.07, 6.45) is -4.80. The van der Waals surface area contributed by atoms with E-state index in [0.717, 1.165) is 17.2 Å². The van der Waals surface area contributed by atoms with E-state index in [-0.39, 0.29) is 11.3 Å². The summed E-state index contributed by atoms with van der Waals surface area (Å²) in [6.45, 7) is 3.80. The van der Waals surface area contributed by atoms with Crippen molar-refractivity contribution in [1.82, 2.24) is 0 Å².